The predicted molar refractivity (Wildman–Crippen MR) is 114 cm³/mol. The zero-order valence-electron chi connectivity index (χ0n) is 16.6. The van der Waals surface area contributed by atoms with E-state index < -0.39 is 0 Å². The minimum atomic E-state index is -0.179. The van der Waals surface area contributed by atoms with Gasteiger partial charge in [0.15, 0.2) is 0 Å². The molecule has 1 saturated heterocycles. The van der Waals surface area contributed by atoms with Crippen LogP contribution in [0.5, 0.6) is 0 Å². The van der Waals surface area contributed by atoms with Gasteiger partial charge in [-0.1, -0.05) is 30.3 Å². The third-order valence-corrected chi connectivity index (χ3v) is 5.30. The molecule has 0 bridgehead atoms. The van der Waals surface area contributed by atoms with E-state index in [9.17, 15) is 4.39 Å². The molecule has 29 heavy (non-hydrogen) atoms. The number of nitrogens with zero attached hydrogens (tertiary/aromatic N) is 3. The summed E-state index contributed by atoms with van der Waals surface area (Å²) in [5, 5.41) is 3.40. The highest BCUT2D eigenvalue weighted by molar-refractivity contribution is 5.59. The third-order valence-electron chi connectivity index (χ3n) is 5.30. The average molecular weight is 391 g/mol. The Labute approximate surface area is 171 Å². The van der Waals surface area contributed by atoms with Gasteiger partial charge in [-0.25, -0.2) is 14.4 Å². The molecule has 0 atom stereocenters. The lowest BCUT2D eigenvalue weighted by atomic mass is 10.1. The van der Waals surface area contributed by atoms with Crippen LogP contribution in [0.2, 0.25) is 0 Å². The fraction of sp³-hybridized carbons (Fsp3) is 0.333. The van der Waals surface area contributed by atoms with E-state index in [0.717, 1.165) is 74.6 Å². The van der Waals surface area contributed by atoms with Gasteiger partial charge < -0.3 is 5.32 Å². The monoisotopic (exact) mass is 390 g/mol. The summed E-state index contributed by atoms with van der Waals surface area (Å²) < 4.78 is 13.3. The fourth-order valence-corrected chi connectivity index (χ4v) is 3.78. The molecule has 0 unspecified atom stereocenters. The van der Waals surface area contributed by atoms with E-state index in [2.05, 4.69) is 39.5 Å². The molecule has 1 aromatic heterocycles. The number of aryl methyl sites for hydroxylation is 2. The van der Waals surface area contributed by atoms with Gasteiger partial charge in [0.25, 0.3) is 0 Å². The van der Waals surface area contributed by atoms with Crippen LogP contribution in [0.15, 0.2) is 60.8 Å². The van der Waals surface area contributed by atoms with Crippen LogP contribution in [0.4, 0.5) is 4.39 Å². The maximum atomic E-state index is 13.3. The predicted octanol–water partition coefficient (Wildman–Crippen LogP) is 3.86. The molecule has 2 aromatic carbocycles. The lowest BCUT2D eigenvalue weighted by Crippen LogP contribution is -2.42. The van der Waals surface area contributed by atoms with Crippen LogP contribution >= 0.6 is 0 Å². The van der Waals surface area contributed by atoms with Gasteiger partial charge in [0.2, 0.25) is 0 Å². The van der Waals surface area contributed by atoms with Gasteiger partial charge >= 0.3 is 0 Å². The molecule has 1 aliphatic heterocycles. The lowest BCUT2D eigenvalue weighted by Gasteiger charge is -2.27. The van der Waals surface area contributed by atoms with Gasteiger partial charge in [0, 0.05) is 50.9 Å². The van der Waals surface area contributed by atoms with E-state index in [1.165, 1.54) is 11.6 Å². The van der Waals surface area contributed by atoms with Gasteiger partial charge in [0.05, 0.1) is 5.69 Å². The number of hydrogen-bond acceptors (Lipinski definition) is 4. The molecular formula is C24H27FN4. The molecule has 1 N–H and O–H groups in total. The molecule has 150 valence electrons. The topological polar surface area (TPSA) is 41.1 Å². The van der Waals surface area contributed by atoms with Gasteiger partial charge in [-0.3, -0.25) is 4.90 Å². The number of hydrogen-bond donors (Lipinski definition) is 1. The van der Waals surface area contributed by atoms with Crippen molar-refractivity contribution >= 4 is 0 Å². The number of halogens is 1. The normalized spacial score (nSPS) is 14.8. The van der Waals surface area contributed by atoms with Crippen molar-refractivity contribution in [2.75, 3.05) is 26.2 Å². The van der Waals surface area contributed by atoms with E-state index >= 15 is 0 Å². The lowest BCUT2D eigenvalue weighted by molar-refractivity contribution is 0.233. The molecule has 0 spiro atoms. The molecule has 1 fully saturated rings. The Balaban J connectivity index is 1.39. The molecule has 0 aliphatic carbocycles. The fourth-order valence-electron chi connectivity index (χ4n) is 3.78. The maximum absolute atomic E-state index is 13.3. The Morgan fingerprint density at radius 1 is 0.931 bits per heavy atom. The zero-order chi connectivity index (χ0) is 19.9. The Morgan fingerprint density at radius 2 is 1.76 bits per heavy atom. The standard InChI is InChI=1S/C24H27FN4/c25-22-8-2-4-19(17-22)5-3-9-24-27-11-10-23(28-24)21-7-1-6-20(16-21)18-29-14-12-26-13-15-29/h1-2,4,6-8,10-11,16-17,26H,3,5,9,12-15,18H2. The maximum Gasteiger partial charge on any atom is 0.128 e. The largest absolute Gasteiger partial charge is 0.314 e. The Morgan fingerprint density at radius 3 is 2.62 bits per heavy atom. The molecule has 4 nitrogen and oxygen atoms in total. The van der Waals surface area contributed by atoms with E-state index in [0.29, 0.717) is 0 Å². The van der Waals surface area contributed by atoms with Crippen molar-refractivity contribution in [2.45, 2.75) is 25.8 Å². The van der Waals surface area contributed by atoms with Crippen molar-refractivity contribution in [2.24, 2.45) is 0 Å². The summed E-state index contributed by atoms with van der Waals surface area (Å²) in [7, 11) is 0. The van der Waals surface area contributed by atoms with Gasteiger partial charge in [0.1, 0.15) is 11.6 Å². The average Bonchev–Trinajstić information content (AvgIpc) is 2.75. The van der Waals surface area contributed by atoms with Crippen molar-refractivity contribution in [1.29, 1.82) is 0 Å². The number of nitrogens with one attached hydrogen (secondary N) is 1. The molecule has 4 rings (SSSR count). The summed E-state index contributed by atoms with van der Waals surface area (Å²) in [5.41, 5.74) is 4.42. The van der Waals surface area contributed by atoms with E-state index in [1.54, 1.807) is 12.1 Å². The summed E-state index contributed by atoms with van der Waals surface area (Å²) in [4.78, 5) is 11.7. The van der Waals surface area contributed by atoms with Crippen LogP contribution in [-0.2, 0) is 19.4 Å². The smallest absolute Gasteiger partial charge is 0.128 e. The zero-order valence-corrected chi connectivity index (χ0v) is 16.6. The van der Waals surface area contributed by atoms with Gasteiger partial charge in [-0.15, -0.1) is 0 Å². The summed E-state index contributed by atoms with van der Waals surface area (Å²) >= 11 is 0. The molecule has 2 heterocycles. The highest BCUT2D eigenvalue weighted by Gasteiger charge is 2.11. The van der Waals surface area contributed by atoms with Crippen LogP contribution in [0.1, 0.15) is 23.4 Å². The van der Waals surface area contributed by atoms with E-state index in [1.807, 2.05) is 18.3 Å². The number of rotatable bonds is 7. The SMILES string of the molecule is Fc1cccc(CCCc2nccc(-c3cccc(CN4CCNCC4)c3)n2)c1. The first kappa shape index (κ1) is 19.7. The molecule has 3 aromatic rings. The summed E-state index contributed by atoms with van der Waals surface area (Å²) in [6, 6.07) is 17.4. The van der Waals surface area contributed by atoms with Crippen molar-refractivity contribution in [3.05, 3.63) is 83.6 Å². The van der Waals surface area contributed by atoms with Gasteiger partial charge in [-0.2, -0.15) is 0 Å². The molecule has 0 saturated carbocycles. The first-order valence-corrected chi connectivity index (χ1v) is 10.3. The van der Waals surface area contributed by atoms with Crippen LogP contribution in [-0.4, -0.2) is 41.0 Å². The summed E-state index contributed by atoms with van der Waals surface area (Å²) in [6.45, 7) is 5.27. The van der Waals surface area contributed by atoms with Gasteiger partial charge in [-0.05, 0) is 48.2 Å². The number of benzene rings is 2. The van der Waals surface area contributed by atoms with Crippen LogP contribution in [0, 0.1) is 5.82 Å². The van der Waals surface area contributed by atoms with Crippen LogP contribution in [0.3, 0.4) is 0 Å². The van der Waals surface area contributed by atoms with Crippen molar-refractivity contribution < 1.29 is 4.39 Å². The second kappa shape index (κ2) is 9.72. The van der Waals surface area contributed by atoms with Crippen molar-refractivity contribution in [3.63, 3.8) is 0 Å². The summed E-state index contributed by atoms with van der Waals surface area (Å²) in [5.74, 6) is 0.660. The Hall–Kier alpha value is -2.63. The molecule has 0 radical (unpaired) electrons. The number of piperazine rings is 1. The third kappa shape index (κ3) is 5.68. The minimum absolute atomic E-state index is 0.179. The number of aromatic nitrogens is 2. The van der Waals surface area contributed by atoms with E-state index in [-0.39, 0.29) is 5.82 Å². The molecule has 1 aliphatic rings. The second-order valence-corrected chi connectivity index (χ2v) is 7.57. The molecule has 5 heteroatoms. The highest BCUT2D eigenvalue weighted by atomic mass is 19.1. The second-order valence-electron chi connectivity index (χ2n) is 7.57. The first-order valence-electron chi connectivity index (χ1n) is 10.3. The van der Waals surface area contributed by atoms with Crippen molar-refractivity contribution in [3.8, 4) is 11.3 Å². The first-order chi connectivity index (χ1) is 14.3. The van der Waals surface area contributed by atoms with Crippen LogP contribution < -0.4 is 5.32 Å². The Kier molecular flexibility index (Phi) is 6.60. The van der Waals surface area contributed by atoms with E-state index in [4.69, 9.17) is 4.98 Å². The Bertz CT molecular complexity index is 937. The highest BCUT2D eigenvalue weighted by Crippen LogP contribution is 2.20. The van der Waals surface area contributed by atoms with Crippen molar-refractivity contribution in [1.82, 2.24) is 20.2 Å². The molecule has 0 amide bonds. The summed E-state index contributed by atoms with van der Waals surface area (Å²) in [6.07, 6.45) is 4.34. The quantitative estimate of drug-likeness (QED) is 0.665. The minimum Gasteiger partial charge on any atom is -0.314 e. The molecular weight excluding hydrogens is 363 g/mol. The van der Waals surface area contributed by atoms with Crippen LogP contribution in [0.25, 0.3) is 11.3 Å².